The molecule has 23 heavy (non-hydrogen) atoms. The number of aromatic nitrogens is 2. The van der Waals surface area contributed by atoms with Gasteiger partial charge in [-0.1, -0.05) is 23.8 Å². The summed E-state index contributed by atoms with van der Waals surface area (Å²) in [7, 11) is 0. The molecule has 0 radical (unpaired) electrons. The summed E-state index contributed by atoms with van der Waals surface area (Å²) >= 11 is 0. The molecule has 0 spiro atoms. The van der Waals surface area contributed by atoms with Crippen molar-refractivity contribution in [2.75, 3.05) is 5.32 Å². The average molecular weight is 307 g/mol. The van der Waals surface area contributed by atoms with Crippen LogP contribution in [0.25, 0.3) is 17.1 Å². The first kappa shape index (κ1) is 14.8. The van der Waals surface area contributed by atoms with Crippen molar-refractivity contribution in [3.05, 3.63) is 69.6 Å². The number of amides is 1. The van der Waals surface area contributed by atoms with Gasteiger partial charge in [0.15, 0.2) is 0 Å². The molecule has 1 heterocycles. The molecule has 1 amide bonds. The van der Waals surface area contributed by atoms with E-state index in [1.807, 2.05) is 26.0 Å². The van der Waals surface area contributed by atoms with Gasteiger partial charge in [0.25, 0.3) is 0 Å². The number of carbonyl (C=O) groups is 1. The number of carbonyl (C=O) groups excluding carboxylic acids is 1. The molecular weight excluding hydrogens is 290 g/mol. The summed E-state index contributed by atoms with van der Waals surface area (Å²) < 4.78 is 0. The predicted octanol–water partition coefficient (Wildman–Crippen LogP) is 3.12. The number of aryl methyl sites for hydroxylation is 2. The molecule has 3 N–H and O–H groups in total. The summed E-state index contributed by atoms with van der Waals surface area (Å²) in [4.78, 5) is 28.6. The molecule has 5 heteroatoms. The Balaban J connectivity index is 1.74. The maximum absolute atomic E-state index is 12.0. The van der Waals surface area contributed by atoms with E-state index < -0.39 is 0 Å². The van der Waals surface area contributed by atoms with E-state index in [-0.39, 0.29) is 11.6 Å². The quantitative estimate of drug-likeness (QED) is 0.650. The van der Waals surface area contributed by atoms with E-state index in [1.54, 1.807) is 24.3 Å². The highest BCUT2D eigenvalue weighted by molar-refractivity contribution is 6.02. The van der Waals surface area contributed by atoms with Crippen molar-refractivity contribution in [1.82, 2.24) is 9.97 Å². The molecule has 116 valence electrons. The maximum atomic E-state index is 12.0. The van der Waals surface area contributed by atoms with Crippen LogP contribution in [0, 0.1) is 13.8 Å². The van der Waals surface area contributed by atoms with Gasteiger partial charge in [0.2, 0.25) is 5.91 Å². The standard InChI is InChI=1S/C18H17N3O2/c1-11-3-4-13(12(2)9-11)5-8-17(22)19-14-6-7-15-16(10-14)21-18(23)20-15/h3-10H,1-2H3,(H,19,22)(H2,20,21,23). The van der Waals surface area contributed by atoms with Gasteiger partial charge in [0.05, 0.1) is 11.0 Å². The second-order valence-electron chi connectivity index (χ2n) is 5.52. The van der Waals surface area contributed by atoms with Gasteiger partial charge in [-0.05, 0) is 49.2 Å². The second kappa shape index (κ2) is 5.96. The van der Waals surface area contributed by atoms with Crippen LogP contribution >= 0.6 is 0 Å². The van der Waals surface area contributed by atoms with Crippen LogP contribution in [-0.2, 0) is 4.79 Å². The molecule has 0 bridgehead atoms. The zero-order chi connectivity index (χ0) is 16.4. The van der Waals surface area contributed by atoms with E-state index in [0.717, 1.165) is 11.1 Å². The van der Waals surface area contributed by atoms with E-state index in [1.165, 1.54) is 11.6 Å². The van der Waals surface area contributed by atoms with Crippen LogP contribution in [0.2, 0.25) is 0 Å². The second-order valence-corrected chi connectivity index (χ2v) is 5.52. The Morgan fingerprint density at radius 3 is 2.61 bits per heavy atom. The summed E-state index contributed by atoms with van der Waals surface area (Å²) in [6, 6.07) is 11.3. The Kier molecular flexibility index (Phi) is 3.85. The summed E-state index contributed by atoms with van der Waals surface area (Å²) in [6.07, 6.45) is 3.29. The number of imidazole rings is 1. The highest BCUT2D eigenvalue weighted by Gasteiger charge is 2.02. The number of rotatable bonds is 3. The number of aromatic amines is 2. The zero-order valence-corrected chi connectivity index (χ0v) is 12.9. The molecule has 0 unspecified atom stereocenters. The number of fused-ring (bicyclic) bond motifs is 1. The molecule has 0 aliphatic carbocycles. The van der Waals surface area contributed by atoms with E-state index >= 15 is 0 Å². The predicted molar refractivity (Wildman–Crippen MR) is 92.5 cm³/mol. The Morgan fingerprint density at radius 2 is 1.83 bits per heavy atom. The number of benzene rings is 2. The summed E-state index contributed by atoms with van der Waals surface area (Å²) in [5.74, 6) is -0.220. The first-order valence-corrected chi connectivity index (χ1v) is 7.29. The topological polar surface area (TPSA) is 77.8 Å². The van der Waals surface area contributed by atoms with Crippen LogP contribution < -0.4 is 11.0 Å². The Hall–Kier alpha value is -3.08. The van der Waals surface area contributed by atoms with Crippen molar-refractivity contribution in [3.63, 3.8) is 0 Å². The molecule has 0 saturated carbocycles. The third-order valence-corrected chi connectivity index (χ3v) is 3.62. The molecule has 3 aromatic rings. The molecule has 5 nitrogen and oxygen atoms in total. The lowest BCUT2D eigenvalue weighted by Gasteiger charge is -2.03. The lowest BCUT2D eigenvalue weighted by Crippen LogP contribution is -2.07. The smallest absolute Gasteiger partial charge is 0.322 e. The van der Waals surface area contributed by atoms with Crippen molar-refractivity contribution < 1.29 is 4.79 Å². The zero-order valence-electron chi connectivity index (χ0n) is 12.9. The van der Waals surface area contributed by atoms with Crippen LogP contribution in [0.15, 0.2) is 47.3 Å². The molecule has 0 aliphatic rings. The fourth-order valence-corrected chi connectivity index (χ4v) is 2.47. The number of nitrogens with one attached hydrogen (secondary N) is 3. The Labute approximate surface area is 133 Å². The fourth-order valence-electron chi connectivity index (χ4n) is 2.47. The molecular formula is C18H17N3O2. The molecule has 3 rings (SSSR count). The lowest BCUT2D eigenvalue weighted by atomic mass is 10.1. The minimum absolute atomic E-state index is 0.220. The number of hydrogen-bond acceptors (Lipinski definition) is 2. The van der Waals surface area contributed by atoms with Crippen LogP contribution in [0.1, 0.15) is 16.7 Å². The first-order valence-electron chi connectivity index (χ1n) is 7.29. The van der Waals surface area contributed by atoms with Gasteiger partial charge >= 0.3 is 5.69 Å². The third-order valence-electron chi connectivity index (χ3n) is 3.62. The summed E-state index contributed by atoms with van der Waals surface area (Å²) in [5, 5.41) is 2.78. The largest absolute Gasteiger partial charge is 0.323 e. The molecule has 0 saturated heterocycles. The van der Waals surface area contributed by atoms with Gasteiger partial charge in [0.1, 0.15) is 0 Å². The highest BCUT2D eigenvalue weighted by atomic mass is 16.1. The highest BCUT2D eigenvalue weighted by Crippen LogP contribution is 2.15. The van der Waals surface area contributed by atoms with Gasteiger partial charge in [-0.2, -0.15) is 0 Å². The van der Waals surface area contributed by atoms with Crippen molar-refractivity contribution in [3.8, 4) is 0 Å². The number of H-pyrrole nitrogens is 2. The molecule has 2 aromatic carbocycles. The minimum Gasteiger partial charge on any atom is -0.322 e. The van der Waals surface area contributed by atoms with Crippen LogP contribution in [0.3, 0.4) is 0 Å². The van der Waals surface area contributed by atoms with Gasteiger partial charge < -0.3 is 15.3 Å². The van der Waals surface area contributed by atoms with E-state index in [9.17, 15) is 9.59 Å². The maximum Gasteiger partial charge on any atom is 0.323 e. The van der Waals surface area contributed by atoms with Gasteiger partial charge in [-0.3, -0.25) is 4.79 Å². The molecule has 0 aliphatic heterocycles. The molecule has 0 atom stereocenters. The van der Waals surface area contributed by atoms with Crippen LogP contribution in [-0.4, -0.2) is 15.9 Å². The fraction of sp³-hybridized carbons (Fsp3) is 0.111. The van der Waals surface area contributed by atoms with Crippen molar-refractivity contribution in [2.24, 2.45) is 0 Å². The van der Waals surface area contributed by atoms with Crippen molar-refractivity contribution >= 4 is 28.7 Å². The minimum atomic E-state index is -0.266. The summed E-state index contributed by atoms with van der Waals surface area (Å²) in [6.45, 7) is 4.05. The van der Waals surface area contributed by atoms with Gasteiger partial charge in [0, 0.05) is 11.8 Å². The van der Waals surface area contributed by atoms with Gasteiger partial charge in [-0.25, -0.2) is 4.79 Å². The van der Waals surface area contributed by atoms with Crippen molar-refractivity contribution in [1.29, 1.82) is 0 Å². The molecule has 0 fully saturated rings. The van der Waals surface area contributed by atoms with Crippen LogP contribution in [0.4, 0.5) is 5.69 Å². The lowest BCUT2D eigenvalue weighted by molar-refractivity contribution is -0.111. The molecule has 1 aromatic heterocycles. The van der Waals surface area contributed by atoms with Crippen LogP contribution in [0.5, 0.6) is 0 Å². The number of anilines is 1. The van der Waals surface area contributed by atoms with Crippen molar-refractivity contribution in [2.45, 2.75) is 13.8 Å². The van der Waals surface area contributed by atoms with E-state index in [2.05, 4.69) is 21.4 Å². The summed E-state index contributed by atoms with van der Waals surface area (Å²) in [5.41, 5.74) is 5.06. The third kappa shape index (κ3) is 3.40. The average Bonchev–Trinajstić information content (AvgIpc) is 2.85. The SMILES string of the molecule is Cc1ccc(C=CC(=O)Nc2ccc3[nH]c(=O)[nH]c3c2)c(C)c1. The normalized spacial score (nSPS) is 11.2. The number of hydrogen-bond donors (Lipinski definition) is 3. The van der Waals surface area contributed by atoms with E-state index in [4.69, 9.17) is 0 Å². The van der Waals surface area contributed by atoms with Gasteiger partial charge in [-0.15, -0.1) is 0 Å². The monoisotopic (exact) mass is 307 g/mol. The Morgan fingerprint density at radius 1 is 1.04 bits per heavy atom. The first-order chi connectivity index (χ1) is 11.0. The van der Waals surface area contributed by atoms with E-state index in [0.29, 0.717) is 16.7 Å². The Bertz CT molecular complexity index is 964.